The van der Waals surface area contributed by atoms with Gasteiger partial charge < -0.3 is 10.0 Å². The molecular weight excluding hydrogens is 205 g/mol. The highest BCUT2D eigenvalue weighted by Gasteiger charge is 2.23. The van der Waals surface area contributed by atoms with E-state index in [0.717, 1.165) is 25.2 Å². The molecule has 0 spiro atoms. The number of aliphatic hydroxyl groups excluding tert-OH is 1. The first-order valence-corrected chi connectivity index (χ1v) is 5.81. The molecule has 16 heavy (non-hydrogen) atoms. The van der Waals surface area contributed by atoms with Crippen LogP contribution < -0.4 is 4.90 Å². The number of aliphatic hydroxyl groups is 1. The number of anilines is 1. The first-order valence-electron chi connectivity index (χ1n) is 5.81. The van der Waals surface area contributed by atoms with Crippen molar-refractivity contribution in [1.82, 2.24) is 0 Å². The van der Waals surface area contributed by atoms with E-state index in [4.69, 9.17) is 0 Å². The Morgan fingerprint density at radius 2 is 2.25 bits per heavy atom. The summed E-state index contributed by atoms with van der Waals surface area (Å²) in [6.07, 6.45) is 0.377. The molecule has 1 aliphatic heterocycles. The normalized spacial score (nSPS) is 22.5. The fourth-order valence-corrected chi connectivity index (χ4v) is 2.37. The minimum absolute atomic E-state index is 0.313. The van der Waals surface area contributed by atoms with Gasteiger partial charge in [-0.3, -0.25) is 0 Å². The fourth-order valence-electron chi connectivity index (χ4n) is 2.37. The molecule has 0 radical (unpaired) electrons. The van der Waals surface area contributed by atoms with Crippen molar-refractivity contribution in [2.24, 2.45) is 5.92 Å². The number of halogens is 1. The van der Waals surface area contributed by atoms with E-state index in [9.17, 15) is 9.50 Å². The number of rotatable bonds is 2. The molecule has 1 aromatic carbocycles. The molecule has 1 aromatic rings. The Morgan fingerprint density at radius 3 is 2.81 bits per heavy atom. The summed E-state index contributed by atoms with van der Waals surface area (Å²) in [4.78, 5) is 2.16. The molecule has 1 N–H and O–H groups in total. The van der Waals surface area contributed by atoms with Crippen LogP contribution in [-0.4, -0.2) is 18.2 Å². The molecular formula is C13H18FNO. The standard InChI is InChI=1S/C13H18FNO/c1-9-6-7-15(8-9)12-5-3-4-11(14)13(12)10(2)16/h3-5,9-10,16H,6-8H2,1-2H3. The lowest BCUT2D eigenvalue weighted by Crippen LogP contribution is -2.21. The molecule has 2 unspecified atom stereocenters. The lowest BCUT2D eigenvalue weighted by molar-refractivity contribution is 0.194. The zero-order valence-electron chi connectivity index (χ0n) is 9.78. The van der Waals surface area contributed by atoms with Crippen LogP contribution in [0.2, 0.25) is 0 Å². The smallest absolute Gasteiger partial charge is 0.131 e. The molecule has 0 amide bonds. The van der Waals surface area contributed by atoms with Gasteiger partial charge in [0.15, 0.2) is 0 Å². The molecule has 0 aromatic heterocycles. The van der Waals surface area contributed by atoms with Gasteiger partial charge in [0, 0.05) is 24.3 Å². The molecule has 88 valence electrons. The van der Waals surface area contributed by atoms with Gasteiger partial charge in [-0.1, -0.05) is 13.0 Å². The highest BCUT2D eigenvalue weighted by atomic mass is 19.1. The third-order valence-corrected chi connectivity index (χ3v) is 3.21. The second-order valence-electron chi connectivity index (χ2n) is 4.69. The molecule has 2 atom stereocenters. The number of nitrogens with zero attached hydrogens (tertiary/aromatic N) is 1. The summed E-state index contributed by atoms with van der Waals surface area (Å²) in [7, 11) is 0. The van der Waals surface area contributed by atoms with E-state index < -0.39 is 6.10 Å². The minimum atomic E-state index is -0.757. The maximum atomic E-state index is 13.7. The summed E-state index contributed by atoms with van der Waals surface area (Å²) >= 11 is 0. The zero-order chi connectivity index (χ0) is 11.7. The topological polar surface area (TPSA) is 23.5 Å². The fraction of sp³-hybridized carbons (Fsp3) is 0.538. The first-order chi connectivity index (χ1) is 7.59. The van der Waals surface area contributed by atoms with Gasteiger partial charge in [-0.2, -0.15) is 0 Å². The van der Waals surface area contributed by atoms with E-state index >= 15 is 0 Å². The number of benzene rings is 1. The predicted octanol–water partition coefficient (Wildman–Crippen LogP) is 2.73. The third-order valence-electron chi connectivity index (χ3n) is 3.21. The SMILES string of the molecule is CC1CCN(c2cccc(F)c2C(C)O)C1. The Bertz CT molecular complexity index is 378. The van der Waals surface area contributed by atoms with Crippen molar-refractivity contribution in [3.63, 3.8) is 0 Å². The maximum absolute atomic E-state index is 13.7. The van der Waals surface area contributed by atoms with Crippen LogP contribution in [0.15, 0.2) is 18.2 Å². The molecule has 3 heteroatoms. The van der Waals surface area contributed by atoms with Gasteiger partial charge in [-0.25, -0.2) is 4.39 Å². The van der Waals surface area contributed by atoms with Crippen molar-refractivity contribution in [2.75, 3.05) is 18.0 Å². The Hall–Kier alpha value is -1.09. The molecule has 1 aliphatic rings. The van der Waals surface area contributed by atoms with E-state index in [0.29, 0.717) is 11.5 Å². The van der Waals surface area contributed by atoms with Crippen LogP contribution in [0.4, 0.5) is 10.1 Å². The predicted molar refractivity (Wildman–Crippen MR) is 63.0 cm³/mol. The van der Waals surface area contributed by atoms with Crippen LogP contribution >= 0.6 is 0 Å². The Balaban J connectivity index is 2.36. The number of hydrogen-bond donors (Lipinski definition) is 1. The monoisotopic (exact) mass is 223 g/mol. The molecule has 2 nitrogen and oxygen atoms in total. The van der Waals surface area contributed by atoms with Gasteiger partial charge in [0.2, 0.25) is 0 Å². The molecule has 1 fully saturated rings. The summed E-state index contributed by atoms with van der Waals surface area (Å²) in [6.45, 7) is 5.70. The highest BCUT2D eigenvalue weighted by molar-refractivity contribution is 5.55. The Labute approximate surface area is 95.7 Å². The third kappa shape index (κ3) is 2.05. The van der Waals surface area contributed by atoms with Crippen LogP contribution in [0.5, 0.6) is 0 Å². The van der Waals surface area contributed by atoms with E-state index in [1.165, 1.54) is 6.07 Å². The maximum Gasteiger partial charge on any atom is 0.131 e. The van der Waals surface area contributed by atoms with Crippen molar-refractivity contribution in [1.29, 1.82) is 0 Å². The van der Waals surface area contributed by atoms with Crippen molar-refractivity contribution in [2.45, 2.75) is 26.4 Å². The number of hydrogen-bond acceptors (Lipinski definition) is 2. The van der Waals surface area contributed by atoms with E-state index in [1.807, 2.05) is 6.07 Å². The largest absolute Gasteiger partial charge is 0.389 e. The van der Waals surface area contributed by atoms with Gasteiger partial charge in [-0.05, 0) is 31.4 Å². The molecule has 0 bridgehead atoms. The molecule has 1 saturated heterocycles. The van der Waals surface area contributed by atoms with E-state index in [-0.39, 0.29) is 5.82 Å². The van der Waals surface area contributed by atoms with Gasteiger partial charge in [0.1, 0.15) is 5.82 Å². The summed E-state index contributed by atoms with van der Waals surface area (Å²) < 4.78 is 13.7. The van der Waals surface area contributed by atoms with Crippen LogP contribution in [0.1, 0.15) is 31.9 Å². The summed E-state index contributed by atoms with van der Waals surface area (Å²) in [6, 6.07) is 5.01. The molecule has 0 saturated carbocycles. The average Bonchev–Trinajstić information content (AvgIpc) is 2.63. The average molecular weight is 223 g/mol. The Morgan fingerprint density at radius 1 is 1.50 bits per heavy atom. The van der Waals surface area contributed by atoms with Crippen LogP contribution in [0, 0.1) is 11.7 Å². The first kappa shape index (κ1) is 11.4. The quantitative estimate of drug-likeness (QED) is 0.833. The second kappa shape index (κ2) is 4.42. The lowest BCUT2D eigenvalue weighted by Gasteiger charge is -2.23. The van der Waals surface area contributed by atoms with Crippen LogP contribution in [-0.2, 0) is 0 Å². The molecule has 0 aliphatic carbocycles. The lowest BCUT2D eigenvalue weighted by atomic mass is 10.1. The van der Waals surface area contributed by atoms with Crippen LogP contribution in [0.3, 0.4) is 0 Å². The van der Waals surface area contributed by atoms with Crippen molar-refractivity contribution >= 4 is 5.69 Å². The van der Waals surface area contributed by atoms with E-state index in [1.54, 1.807) is 13.0 Å². The van der Waals surface area contributed by atoms with Crippen molar-refractivity contribution in [3.8, 4) is 0 Å². The van der Waals surface area contributed by atoms with Gasteiger partial charge in [-0.15, -0.1) is 0 Å². The minimum Gasteiger partial charge on any atom is -0.389 e. The zero-order valence-corrected chi connectivity index (χ0v) is 9.78. The summed E-state index contributed by atoms with van der Waals surface area (Å²) in [5, 5.41) is 9.64. The summed E-state index contributed by atoms with van der Waals surface area (Å²) in [5.41, 5.74) is 1.27. The van der Waals surface area contributed by atoms with Crippen molar-refractivity contribution < 1.29 is 9.50 Å². The summed E-state index contributed by atoms with van der Waals surface area (Å²) in [5.74, 6) is 0.331. The molecule has 2 rings (SSSR count). The van der Waals surface area contributed by atoms with Crippen LogP contribution in [0.25, 0.3) is 0 Å². The highest BCUT2D eigenvalue weighted by Crippen LogP contribution is 2.32. The molecule has 1 heterocycles. The van der Waals surface area contributed by atoms with Gasteiger partial charge in [0.05, 0.1) is 6.10 Å². The van der Waals surface area contributed by atoms with Gasteiger partial charge >= 0.3 is 0 Å². The van der Waals surface area contributed by atoms with Crippen molar-refractivity contribution in [3.05, 3.63) is 29.6 Å². The second-order valence-corrected chi connectivity index (χ2v) is 4.69. The Kier molecular flexibility index (Phi) is 3.15. The van der Waals surface area contributed by atoms with E-state index in [2.05, 4.69) is 11.8 Å². The van der Waals surface area contributed by atoms with Gasteiger partial charge in [0.25, 0.3) is 0 Å².